The average molecular weight is 304 g/mol. The minimum atomic E-state index is 0.0839. The van der Waals surface area contributed by atoms with Crippen LogP contribution in [-0.2, 0) is 0 Å². The van der Waals surface area contributed by atoms with Gasteiger partial charge in [0.1, 0.15) is 5.75 Å². The van der Waals surface area contributed by atoms with Gasteiger partial charge in [0.05, 0.1) is 12.5 Å². The first-order valence-corrected chi connectivity index (χ1v) is 6.84. The Bertz CT molecular complexity index is 388. The lowest BCUT2D eigenvalue weighted by atomic mass is 9.80. The zero-order chi connectivity index (χ0) is 11.7. The third-order valence-corrected chi connectivity index (χ3v) is 4.82. The van der Waals surface area contributed by atoms with E-state index in [1.807, 2.05) is 6.07 Å². The lowest BCUT2D eigenvalue weighted by Crippen LogP contribution is -2.17. The molecule has 0 saturated heterocycles. The van der Waals surface area contributed by atoms with Gasteiger partial charge in [-0.1, -0.05) is 22.4 Å². The standard InChI is InChI=1S/C13H16BrClO/c1-8-6-12(16-2)10(7-11(8)14)13(15)9-4-3-5-9/h6-7,9,13H,3-5H2,1-2H3. The SMILES string of the molecule is COc1cc(C)c(Br)cc1C(Cl)C1CCC1. The van der Waals surface area contributed by atoms with Crippen LogP contribution in [0.5, 0.6) is 5.75 Å². The van der Waals surface area contributed by atoms with Crippen LogP contribution in [0.3, 0.4) is 0 Å². The second-order valence-corrected chi connectivity index (χ2v) is 5.76. The van der Waals surface area contributed by atoms with E-state index >= 15 is 0 Å². The van der Waals surface area contributed by atoms with E-state index in [1.54, 1.807) is 7.11 Å². The first kappa shape index (κ1) is 12.3. The molecule has 1 aliphatic carbocycles. The fourth-order valence-electron chi connectivity index (χ4n) is 2.05. The van der Waals surface area contributed by atoms with Crippen molar-refractivity contribution in [3.63, 3.8) is 0 Å². The van der Waals surface area contributed by atoms with E-state index in [9.17, 15) is 0 Å². The number of halogens is 2. The summed E-state index contributed by atoms with van der Waals surface area (Å²) in [5.41, 5.74) is 2.30. The predicted octanol–water partition coefficient (Wildman–Crippen LogP) is 4.85. The normalized spacial score (nSPS) is 18.0. The Kier molecular flexibility index (Phi) is 3.81. The molecule has 1 aromatic carbocycles. The Morgan fingerprint density at radius 3 is 2.62 bits per heavy atom. The maximum atomic E-state index is 6.52. The molecule has 16 heavy (non-hydrogen) atoms. The van der Waals surface area contributed by atoms with E-state index in [-0.39, 0.29) is 5.38 Å². The van der Waals surface area contributed by atoms with Crippen LogP contribution in [0, 0.1) is 12.8 Å². The van der Waals surface area contributed by atoms with Gasteiger partial charge in [0.2, 0.25) is 0 Å². The first-order chi connectivity index (χ1) is 7.63. The molecular weight excluding hydrogens is 287 g/mol. The van der Waals surface area contributed by atoms with E-state index in [2.05, 4.69) is 28.9 Å². The zero-order valence-corrected chi connectivity index (χ0v) is 11.9. The number of hydrogen-bond acceptors (Lipinski definition) is 1. The largest absolute Gasteiger partial charge is 0.496 e. The fraction of sp³-hybridized carbons (Fsp3) is 0.538. The van der Waals surface area contributed by atoms with Gasteiger partial charge >= 0.3 is 0 Å². The van der Waals surface area contributed by atoms with E-state index in [0.717, 1.165) is 15.8 Å². The minimum absolute atomic E-state index is 0.0839. The highest BCUT2D eigenvalue weighted by Gasteiger charge is 2.29. The van der Waals surface area contributed by atoms with Gasteiger partial charge in [0.25, 0.3) is 0 Å². The molecule has 88 valence electrons. The smallest absolute Gasteiger partial charge is 0.123 e. The molecule has 0 aliphatic heterocycles. The summed E-state index contributed by atoms with van der Waals surface area (Å²) in [6, 6.07) is 4.15. The van der Waals surface area contributed by atoms with E-state index in [1.165, 1.54) is 24.8 Å². The maximum absolute atomic E-state index is 6.52. The van der Waals surface area contributed by atoms with Crippen molar-refractivity contribution in [2.75, 3.05) is 7.11 Å². The highest BCUT2D eigenvalue weighted by atomic mass is 79.9. The number of aryl methyl sites for hydroxylation is 1. The number of hydrogen-bond donors (Lipinski definition) is 0. The van der Waals surface area contributed by atoms with Gasteiger partial charge in [0, 0.05) is 10.0 Å². The summed E-state index contributed by atoms with van der Waals surface area (Å²) in [6.07, 6.45) is 3.79. The first-order valence-electron chi connectivity index (χ1n) is 5.61. The Morgan fingerprint density at radius 2 is 2.12 bits per heavy atom. The Balaban J connectivity index is 2.33. The van der Waals surface area contributed by atoms with E-state index in [0.29, 0.717) is 5.92 Å². The van der Waals surface area contributed by atoms with Gasteiger partial charge < -0.3 is 4.74 Å². The zero-order valence-electron chi connectivity index (χ0n) is 9.59. The molecule has 1 atom stereocenters. The highest BCUT2D eigenvalue weighted by Crippen LogP contribution is 2.45. The van der Waals surface area contributed by atoms with Gasteiger partial charge in [-0.05, 0) is 43.4 Å². The summed E-state index contributed by atoms with van der Waals surface area (Å²) < 4.78 is 6.52. The molecule has 1 aromatic rings. The van der Waals surface area contributed by atoms with Crippen molar-refractivity contribution >= 4 is 27.5 Å². The maximum Gasteiger partial charge on any atom is 0.123 e. The topological polar surface area (TPSA) is 9.23 Å². The van der Waals surface area contributed by atoms with Crippen LogP contribution in [0.2, 0.25) is 0 Å². The molecule has 0 heterocycles. The number of ether oxygens (including phenoxy) is 1. The number of alkyl halides is 1. The van der Waals surface area contributed by atoms with Crippen LogP contribution in [-0.4, -0.2) is 7.11 Å². The average Bonchev–Trinajstić information content (AvgIpc) is 2.18. The van der Waals surface area contributed by atoms with Crippen molar-refractivity contribution in [2.24, 2.45) is 5.92 Å². The fourth-order valence-corrected chi connectivity index (χ4v) is 2.83. The Labute approximate surface area is 110 Å². The molecule has 0 aromatic heterocycles. The summed E-state index contributed by atoms with van der Waals surface area (Å²) in [5.74, 6) is 1.53. The van der Waals surface area contributed by atoms with Gasteiger partial charge in [-0.2, -0.15) is 0 Å². The van der Waals surface area contributed by atoms with E-state index in [4.69, 9.17) is 16.3 Å². The van der Waals surface area contributed by atoms with Crippen LogP contribution >= 0.6 is 27.5 Å². The molecule has 0 radical (unpaired) electrons. The van der Waals surface area contributed by atoms with Crippen LogP contribution in [0.15, 0.2) is 16.6 Å². The number of benzene rings is 1. The van der Waals surface area contributed by atoms with Crippen molar-refractivity contribution < 1.29 is 4.74 Å². The van der Waals surface area contributed by atoms with Crippen molar-refractivity contribution in [2.45, 2.75) is 31.6 Å². The Hall–Kier alpha value is -0.210. The van der Waals surface area contributed by atoms with Crippen molar-refractivity contribution in [3.8, 4) is 5.75 Å². The molecular formula is C13H16BrClO. The van der Waals surface area contributed by atoms with Crippen molar-refractivity contribution in [1.82, 2.24) is 0 Å². The van der Waals surface area contributed by atoms with Crippen LogP contribution in [0.25, 0.3) is 0 Å². The minimum Gasteiger partial charge on any atom is -0.496 e. The summed E-state index contributed by atoms with van der Waals surface area (Å²) in [5, 5.41) is 0.0839. The van der Waals surface area contributed by atoms with Gasteiger partial charge in [-0.25, -0.2) is 0 Å². The quantitative estimate of drug-likeness (QED) is 0.726. The van der Waals surface area contributed by atoms with Gasteiger partial charge in [0.15, 0.2) is 0 Å². The van der Waals surface area contributed by atoms with E-state index < -0.39 is 0 Å². The van der Waals surface area contributed by atoms with Crippen LogP contribution in [0.4, 0.5) is 0 Å². The highest BCUT2D eigenvalue weighted by molar-refractivity contribution is 9.10. The number of methoxy groups -OCH3 is 1. The molecule has 3 heteroatoms. The van der Waals surface area contributed by atoms with Crippen LogP contribution < -0.4 is 4.74 Å². The molecule has 0 N–H and O–H groups in total. The molecule has 1 saturated carbocycles. The lowest BCUT2D eigenvalue weighted by Gasteiger charge is -2.31. The monoisotopic (exact) mass is 302 g/mol. The molecule has 0 bridgehead atoms. The second-order valence-electron chi connectivity index (χ2n) is 4.44. The second kappa shape index (κ2) is 4.97. The van der Waals surface area contributed by atoms with Crippen molar-refractivity contribution in [1.29, 1.82) is 0 Å². The summed E-state index contributed by atoms with van der Waals surface area (Å²) in [6.45, 7) is 2.06. The number of rotatable bonds is 3. The summed E-state index contributed by atoms with van der Waals surface area (Å²) in [7, 11) is 1.70. The molecule has 1 unspecified atom stereocenters. The molecule has 1 fully saturated rings. The molecule has 1 aliphatic rings. The summed E-state index contributed by atoms with van der Waals surface area (Å²) in [4.78, 5) is 0. The molecule has 0 spiro atoms. The van der Waals surface area contributed by atoms with Gasteiger partial charge in [-0.15, -0.1) is 11.6 Å². The predicted molar refractivity (Wildman–Crippen MR) is 71.4 cm³/mol. The van der Waals surface area contributed by atoms with Gasteiger partial charge in [-0.3, -0.25) is 0 Å². The third kappa shape index (κ3) is 2.23. The molecule has 1 nitrogen and oxygen atoms in total. The summed E-state index contributed by atoms with van der Waals surface area (Å²) >= 11 is 10.1. The van der Waals surface area contributed by atoms with Crippen LogP contribution in [0.1, 0.15) is 35.8 Å². The lowest BCUT2D eigenvalue weighted by molar-refractivity contribution is 0.300. The third-order valence-electron chi connectivity index (χ3n) is 3.37. The molecule has 0 amide bonds. The molecule has 2 rings (SSSR count). The Morgan fingerprint density at radius 1 is 1.44 bits per heavy atom. The van der Waals surface area contributed by atoms with Crippen molar-refractivity contribution in [3.05, 3.63) is 27.7 Å².